The topological polar surface area (TPSA) is 36.9 Å². The van der Waals surface area contributed by atoms with Crippen molar-refractivity contribution >= 4 is 45.1 Å². The van der Waals surface area contributed by atoms with E-state index in [-0.39, 0.29) is 0 Å². The average Bonchev–Trinajstić information content (AvgIpc) is 3.24. The summed E-state index contributed by atoms with van der Waals surface area (Å²) in [6, 6.07) is 36.1. The molecule has 7 heteroatoms. The minimum absolute atomic E-state index is 0.768. The third kappa shape index (κ3) is 14.5. The first-order chi connectivity index (χ1) is 27.5. The van der Waals surface area contributed by atoms with Gasteiger partial charge in [0, 0.05) is 21.2 Å². The van der Waals surface area contributed by atoms with E-state index < -0.39 is 23.9 Å². The molecule has 0 aliphatic carbocycles. The fourth-order valence-corrected chi connectivity index (χ4v) is 23.9. The lowest BCUT2D eigenvalue weighted by Gasteiger charge is -2.37. The van der Waals surface area contributed by atoms with Crippen LogP contribution in [0, 0.1) is 0 Å². The molecule has 4 nitrogen and oxygen atoms in total. The number of hydrogen-bond acceptors (Lipinski definition) is 4. The summed E-state index contributed by atoms with van der Waals surface area (Å²) >= 11 is 0. The summed E-state index contributed by atoms with van der Waals surface area (Å²) < 4.78 is 24.3. The van der Waals surface area contributed by atoms with E-state index in [0.29, 0.717) is 0 Å². The second-order valence-electron chi connectivity index (χ2n) is 15.7. The molecule has 0 heterocycles. The van der Waals surface area contributed by atoms with Gasteiger partial charge in [-0.3, -0.25) is 0 Å². The number of hydrogen-bond donors (Lipinski definition) is 0. The first-order valence-electron chi connectivity index (χ1n) is 21.6. The molecule has 0 saturated heterocycles. The Morgan fingerprint density at radius 1 is 0.375 bits per heavy atom. The maximum Gasteiger partial charge on any atom is 0.126 e. The van der Waals surface area contributed by atoms with Gasteiger partial charge in [0.1, 0.15) is 23.0 Å². The largest absolute Gasteiger partial charge is 0.496 e. The van der Waals surface area contributed by atoms with E-state index in [4.69, 9.17) is 18.9 Å². The summed E-state index contributed by atoms with van der Waals surface area (Å²) in [5.74, 6) is 6.20. The van der Waals surface area contributed by atoms with Crippen LogP contribution in [0.25, 0.3) is 0 Å². The highest BCUT2D eigenvalue weighted by molar-refractivity contribution is 7.78. The lowest BCUT2D eigenvalue weighted by molar-refractivity contribution is 0.417. The van der Waals surface area contributed by atoms with Gasteiger partial charge in [0.2, 0.25) is 0 Å². The van der Waals surface area contributed by atoms with Gasteiger partial charge in [-0.2, -0.15) is 0 Å². The van der Waals surface area contributed by atoms with Gasteiger partial charge in [0.05, 0.1) is 36.5 Å². The van der Waals surface area contributed by atoms with Crippen molar-refractivity contribution in [2.45, 2.75) is 122 Å². The van der Waals surface area contributed by atoms with Crippen LogP contribution in [0.5, 0.6) is 23.0 Å². The van der Waals surface area contributed by atoms with Crippen LogP contribution in [-0.4, -0.2) is 48.1 Å². The van der Waals surface area contributed by atoms with Crippen molar-refractivity contribution in [2.24, 2.45) is 0 Å². The van der Waals surface area contributed by atoms with Crippen LogP contribution in [0.15, 0.2) is 97.1 Å². The summed E-state index contributed by atoms with van der Waals surface area (Å²) in [5, 5.41) is 5.22. The highest BCUT2D eigenvalue weighted by Crippen LogP contribution is 2.49. The van der Waals surface area contributed by atoms with Crippen molar-refractivity contribution in [1.82, 2.24) is 0 Å². The molecule has 0 radical (unpaired) electrons. The SMILES string of the molecule is CCCCCCCCCCCCCCCCCC[Si](C)(CP(c1ccccc1OC)c1ccccc1OC)CP(c1ccccc1OC)c1ccccc1OC. The Labute approximate surface area is 345 Å². The number of unbranched alkanes of at least 4 members (excludes halogenated alkanes) is 15. The number of methoxy groups -OCH3 is 4. The van der Waals surface area contributed by atoms with Gasteiger partial charge >= 0.3 is 0 Å². The van der Waals surface area contributed by atoms with Gasteiger partial charge in [-0.1, -0.05) is 195 Å². The van der Waals surface area contributed by atoms with E-state index in [2.05, 4.69) is 111 Å². The number of para-hydroxylation sites is 4. The molecule has 0 aliphatic rings. The van der Waals surface area contributed by atoms with Gasteiger partial charge in [0.25, 0.3) is 0 Å². The van der Waals surface area contributed by atoms with Crippen molar-refractivity contribution in [2.75, 3.05) is 40.0 Å². The molecule has 56 heavy (non-hydrogen) atoms. The molecule has 0 atom stereocenters. The van der Waals surface area contributed by atoms with E-state index >= 15 is 0 Å². The molecule has 0 N–H and O–H groups in total. The van der Waals surface area contributed by atoms with Crippen molar-refractivity contribution in [1.29, 1.82) is 0 Å². The zero-order valence-corrected chi connectivity index (χ0v) is 38.5. The molecule has 0 saturated carbocycles. The molecule has 4 aromatic carbocycles. The van der Waals surface area contributed by atoms with Gasteiger partial charge < -0.3 is 18.9 Å². The van der Waals surface area contributed by atoms with E-state index in [1.54, 1.807) is 0 Å². The number of benzene rings is 4. The van der Waals surface area contributed by atoms with Crippen LogP contribution in [0.3, 0.4) is 0 Å². The van der Waals surface area contributed by atoms with Crippen LogP contribution >= 0.6 is 15.8 Å². The Hall–Kier alpha value is -2.84. The van der Waals surface area contributed by atoms with E-state index in [1.807, 2.05) is 28.4 Å². The Morgan fingerprint density at radius 3 is 0.893 bits per heavy atom. The molecule has 0 spiro atoms. The molecule has 0 fully saturated rings. The highest BCUT2D eigenvalue weighted by atomic mass is 31.1. The molecule has 4 rings (SSSR count). The Balaban J connectivity index is 1.53. The van der Waals surface area contributed by atoms with Crippen LogP contribution in [0.4, 0.5) is 0 Å². The summed E-state index contributed by atoms with van der Waals surface area (Å²) in [6.45, 7) is 4.99. The third-order valence-corrected chi connectivity index (χ3v) is 25.2. The highest BCUT2D eigenvalue weighted by Gasteiger charge is 2.38. The van der Waals surface area contributed by atoms with Gasteiger partial charge in [0.15, 0.2) is 0 Å². The van der Waals surface area contributed by atoms with Gasteiger partial charge in [-0.25, -0.2) is 0 Å². The summed E-state index contributed by atoms with van der Waals surface area (Å²) in [7, 11) is 3.68. The summed E-state index contributed by atoms with van der Waals surface area (Å²) in [5.41, 5.74) is 0. The van der Waals surface area contributed by atoms with E-state index in [0.717, 1.165) is 34.6 Å². The molecule has 0 unspecified atom stereocenters. The van der Waals surface area contributed by atoms with E-state index in [1.165, 1.54) is 130 Å². The minimum Gasteiger partial charge on any atom is -0.496 e. The average molecular weight is 815 g/mol. The molecule has 0 aromatic heterocycles. The minimum atomic E-state index is -2.02. The van der Waals surface area contributed by atoms with Gasteiger partial charge in [-0.05, 0) is 51.7 Å². The zero-order chi connectivity index (χ0) is 39.9. The zero-order valence-electron chi connectivity index (χ0n) is 35.7. The van der Waals surface area contributed by atoms with Crippen LogP contribution < -0.4 is 40.2 Å². The fourth-order valence-electron chi connectivity index (χ4n) is 8.08. The molecule has 0 amide bonds. The maximum absolute atomic E-state index is 6.07. The number of rotatable bonds is 29. The van der Waals surface area contributed by atoms with Gasteiger partial charge in [-0.15, -0.1) is 0 Å². The third-order valence-electron chi connectivity index (χ3n) is 11.2. The lowest BCUT2D eigenvalue weighted by atomic mass is 10.0. The first-order valence-corrected chi connectivity index (χ1v) is 27.7. The predicted octanol–water partition coefficient (Wildman–Crippen LogP) is 12.7. The van der Waals surface area contributed by atoms with Crippen molar-refractivity contribution in [3.8, 4) is 23.0 Å². The predicted molar refractivity (Wildman–Crippen MR) is 250 cm³/mol. The molecule has 4 aromatic rings. The van der Waals surface area contributed by atoms with Crippen molar-refractivity contribution < 1.29 is 18.9 Å². The fraction of sp³-hybridized carbons (Fsp3) is 0.510. The molecule has 0 bridgehead atoms. The standard InChI is InChI=1S/C49H72O4P2Si/c1-7-8-9-10-11-12-13-14-15-16-17-18-19-20-21-30-39-56(6,40-54(46-35-26-22-31-42(46)50-2)47-36-27-23-32-43(47)51-3)41-55(48-37-28-24-33-44(48)52-4)49-38-29-25-34-45(49)53-5/h22-29,31-38H,7-21,30,39-41H2,1-6H3. The molecule has 0 aliphatic heterocycles. The monoisotopic (exact) mass is 814 g/mol. The summed E-state index contributed by atoms with van der Waals surface area (Å²) in [4.78, 5) is 0. The van der Waals surface area contributed by atoms with Crippen molar-refractivity contribution in [3.63, 3.8) is 0 Å². The van der Waals surface area contributed by atoms with Crippen LogP contribution in [0.1, 0.15) is 110 Å². The molecular formula is C49H72O4P2Si. The first kappa shape index (κ1) is 45.9. The quantitative estimate of drug-likeness (QED) is 0.0311. The Morgan fingerprint density at radius 2 is 0.625 bits per heavy atom. The van der Waals surface area contributed by atoms with Crippen LogP contribution in [0.2, 0.25) is 12.6 Å². The smallest absolute Gasteiger partial charge is 0.126 e. The maximum atomic E-state index is 6.07. The second-order valence-corrected chi connectivity index (χ2v) is 26.0. The van der Waals surface area contributed by atoms with E-state index in [9.17, 15) is 0 Å². The normalized spacial score (nSPS) is 11.6. The molecular weight excluding hydrogens is 743 g/mol. The Kier molecular flexibility index (Phi) is 21.5. The summed E-state index contributed by atoms with van der Waals surface area (Å²) in [6.07, 6.45) is 22.2. The molecule has 306 valence electrons. The Bertz CT molecular complexity index is 1470. The van der Waals surface area contributed by atoms with Crippen molar-refractivity contribution in [3.05, 3.63) is 97.1 Å². The van der Waals surface area contributed by atoms with Crippen LogP contribution in [-0.2, 0) is 0 Å². The second kappa shape index (κ2) is 26.2. The number of ether oxygens (including phenoxy) is 4. The lowest BCUT2D eigenvalue weighted by Crippen LogP contribution is -2.43.